The molecule has 1 saturated heterocycles. The van der Waals surface area contributed by atoms with Gasteiger partial charge in [0.25, 0.3) is 0 Å². The van der Waals surface area contributed by atoms with Crippen molar-refractivity contribution in [2.45, 2.75) is 23.5 Å². The Morgan fingerprint density at radius 3 is 3.00 bits per heavy atom. The Morgan fingerprint density at radius 2 is 2.33 bits per heavy atom. The molecule has 2 atom stereocenters. The number of rotatable bonds is 2. The Kier molecular flexibility index (Phi) is 3.07. The van der Waals surface area contributed by atoms with E-state index in [0.29, 0.717) is 12.3 Å². The normalized spacial score (nSPS) is 22.9. The highest BCUT2D eigenvalue weighted by molar-refractivity contribution is 7.85. The molecule has 0 aliphatic carbocycles. The van der Waals surface area contributed by atoms with Crippen LogP contribution in [-0.4, -0.2) is 22.7 Å². The maximum absolute atomic E-state index is 12.2. The molecule has 82 valence electrons. The van der Waals surface area contributed by atoms with Gasteiger partial charge in [-0.15, -0.1) is 0 Å². The van der Waals surface area contributed by atoms with Crippen molar-refractivity contribution in [3.8, 4) is 0 Å². The summed E-state index contributed by atoms with van der Waals surface area (Å²) in [5.74, 6) is 0. The van der Waals surface area contributed by atoms with Crippen LogP contribution < -0.4 is 5.73 Å². The molecule has 0 aromatic heterocycles. The van der Waals surface area contributed by atoms with E-state index in [4.69, 9.17) is 10.5 Å². The highest BCUT2D eigenvalue weighted by Gasteiger charge is 2.24. The van der Waals surface area contributed by atoms with Crippen molar-refractivity contribution < 1.29 is 8.95 Å². The minimum atomic E-state index is -0.986. The number of ether oxygens (including phenoxy) is 1. The van der Waals surface area contributed by atoms with Crippen molar-refractivity contribution in [1.29, 1.82) is 0 Å². The van der Waals surface area contributed by atoms with E-state index < -0.39 is 10.8 Å². The molecule has 4 heteroatoms. The standard InChI is InChI=1S/C11H15NO2S/c1-8-10(12)3-2-4-11(8)15(13)9-5-6-14-7-9/h2-4,9H,5-7,12H2,1H3. The smallest absolute Gasteiger partial charge is 0.0650 e. The van der Waals surface area contributed by atoms with Crippen LogP contribution in [0.25, 0.3) is 0 Å². The van der Waals surface area contributed by atoms with Gasteiger partial charge >= 0.3 is 0 Å². The monoisotopic (exact) mass is 225 g/mol. The Balaban J connectivity index is 2.28. The molecule has 2 N–H and O–H groups in total. The first-order valence-corrected chi connectivity index (χ1v) is 6.25. The molecule has 1 aliphatic heterocycles. The first kappa shape index (κ1) is 10.6. The maximum Gasteiger partial charge on any atom is 0.0650 e. The van der Waals surface area contributed by atoms with Crippen LogP contribution in [0, 0.1) is 6.92 Å². The SMILES string of the molecule is Cc1c(N)cccc1S(=O)C1CCOC1. The van der Waals surface area contributed by atoms with Gasteiger partial charge < -0.3 is 10.5 Å². The molecule has 0 radical (unpaired) electrons. The van der Waals surface area contributed by atoms with Crippen LogP contribution in [0.15, 0.2) is 23.1 Å². The van der Waals surface area contributed by atoms with Crippen molar-refractivity contribution in [3.63, 3.8) is 0 Å². The Morgan fingerprint density at radius 1 is 1.53 bits per heavy atom. The summed E-state index contributed by atoms with van der Waals surface area (Å²) in [5, 5.41) is 0.130. The minimum Gasteiger partial charge on any atom is -0.398 e. The summed E-state index contributed by atoms with van der Waals surface area (Å²) in [6.07, 6.45) is 0.876. The largest absolute Gasteiger partial charge is 0.398 e. The van der Waals surface area contributed by atoms with Gasteiger partial charge in [0.2, 0.25) is 0 Å². The average molecular weight is 225 g/mol. The van der Waals surface area contributed by atoms with Crippen LogP contribution in [-0.2, 0) is 15.5 Å². The van der Waals surface area contributed by atoms with Crippen molar-refractivity contribution in [3.05, 3.63) is 23.8 Å². The molecule has 2 rings (SSSR count). The van der Waals surface area contributed by atoms with E-state index in [1.807, 2.05) is 25.1 Å². The lowest BCUT2D eigenvalue weighted by molar-refractivity contribution is 0.199. The number of hydrogen-bond donors (Lipinski definition) is 1. The van der Waals surface area contributed by atoms with E-state index in [-0.39, 0.29) is 5.25 Å². The molecular weight excluding hydrogens is 210 g/mol. The zero-order valence-corrected chi connectivity index (χ0v) is 9.55. The molecule has 1 aliphatic rings. The fourth-order valence-electron chi connectivity index (χ4n) is 1.71. The second kappa shape index (κ2) is 4.33. The highest BCUT2D eigenvalue weighted by atomic mass is 32.2. The molecule has 1 aromatic rings. The van der Waals surface area contributed by atoms with Gasteiger partial charge in [0.1, 0.15) is 0 Å². The summed E-state index contributed by atoms with van der Waals surface area (Å²) in [4.78, 5) is 0.852. The van der Waals surface area contributed by atoms with Gasteiger partial charge in [-0.3, -0.25) is 4.21 Å². The molecule has 0 spiro atoms. The van der Waals surface area contributed by atoms with E-state index >= 15 is 0 Å². The maximum atomic E-state index is 12.2. The molecule has 1 aromatic carbocycles. The summed E-state index contributed by atoms with van der Waals surface area (Å²) in [6.45, 7) is 3.23. The third-order valence-electron chi connectivity index (χ3n) is 2.73. The molecule has 0 saturated carbocycles. The first-order valence-electron chi connectivity index (χ1n) is 5.03. The third-order valence-corrected chi connectivity index (χ3v) is 4.59. The highest BCUT2D eigenvalue weighted by Crippen LogP contribution is 2.24. The summed E-state index contributed by atoms with van der Waals surface area (Å²) >= 11 is 0. The second-order valence-electron chi connectivity index (χ2n) is 3.75. The molecule has 0 amide bonds. The quantitative estimate of drug-likeness (QED) is 0.775. The fourth-order valence-corrected chi connectivity index (χ4v) is 3.23. The lowest BCUT2D eigenvalue weighted by atomic mass is 10.2. The lowest BCUT2D eigenvalue weighted by Crippen LogP contribution is -2.16. The van der Waals surface area contributed by atoms with Crippen molar-refractivity contribution in [2.75, 3.05) is 18.9 Å². The molecule has 1 heterocycles. The fraction of sp³-hybridized carbons (Fsp3) is 0.455. The van der Waals surface area contributed by atoms with E-state index in [2.05, 4.69) is 0 Å². The summed E-state index contributed by atoms with van der Waals surface area (Å²) < 4.78 is 17.4. The molecule has 3 nitrogen and oxygen atoms in total. The number of anilines is 1. The van der Waals surface area contributed by atoms with E-state index in [1.54, 1.807) is 0 Å². The number of nitrogen functional groups attached to an aromatic ring is 1. The van der Waals surface area contributed by atoms with Crippen LogP contribution in [0.4, 0.5) is 5.69 Å². The summed E-state index contributed by atoms with van der Waals surface area (Å²) in [6, 6.07) is 5.58. The molecular formula is C11H15NO2S. The second-order valence-corrected chi connectivity index (χ2v) is 5.45. The number of nitrogens with two attached hydrogens (primary N) is 1. The van der Waals surface area contributed by atoms with Gasteiger partial charge in [-0.2, -0.15) is 0 Å². The zero-order chi connectivity index (χ0) is 10.8. The van der Waals surface area contributed by atoms with Crippen LogP contribution >= 0.6 is 0 Å². The summed E-state index contributed by atoms with van der Waals surface area (Å²) in [7, 11) is -0.986. The van der Waals surface area contributed by atoms with Gasteiger partial charge in [-0.05, 0) is 31.0 Å². The van der Waals surface area contributed by atoms with Crippen LogP contribution in [0.3, 0.4) is 0 Å². The van der Waals surface area contributed by atoms with Gasteiger partial charge in [0.05, 0.1) is 22.7 Å². The molecule has 0 bridgehead atoms. The van der Waals surface area contributed by atoms with Gasteiger partial charge in [-0.1, -0.05) is 6.07 Å². The Hall–Kier alpha value is -0.870. The zero-order valence-electron chi connectivity index (χ0n) is 8.73. The van der Waals surface area contributed by atoms with Crippen LogP contribution in [0.1, 0.15) is 12.0 Å². The van der Waals surface area contributed by atoms with Crippen molar-refractivity contribution >= 4 is 16.5 Å². The van der Waals surface area contributed by atoms with Crippen molar-refractivity contribution in [1.82, 2.24) is 0 Å². The molecule has 1 fully saturated rings. The predicted molar refractivity (Wildman–Crippen MR) is 61.2 cm³/mol. The minimum absolute atomic E-state index is 0.130. The first-order chi connectivity index (χ1) is 7.20. The number of hydrogen-bond acceptors (Lipinski definition) is 3. The van der Waals surface area contributed by atoms with Crippen LogP contribution in [0.2, 0.25) is 0 Å². The summed E-state index contributed by atoms with van der Waals surface area (Å²) in [5.41, 5.74) is 7.43. The van der Waals surface area contributed by atoms with E-state index in [9.17, 15) is 4.21 Å². The molecule has 2 unspecified atom stereocenters. The van der Waals surface area contributed by atoms with Gasteiger partial charge in [0, 0.05) is 17.2 Å². The lowest BCUT2D eigenvalue weighted by Gasteiger charge is -2.11. The van der Waals surface area contributed by atoms with Gasteiger partial charge in [0.15, 0.2) is 0 Å². The van der Waals surface area contributed by atoms with Crippen molar-refractivity contribution in [2.24, 2.45) is 0 Å². The predicted octanol–water partition coefficient (Wildman–Crippen LogP) is 1.47. The topological polar surface area (TPSA) is 52.3 Å². The average Bonchev–Trinajstić information content (AvgIpc) is 2.74. The Labute approximate surface area is 92.1 Å². The van der Waals surface area contributed by atoms with Gasteiger partial charge in [-0.25, -0.2) is 0 Å². The third kappa shape index (κ3) is 2.06. The van der Waals surface area contributed by atoms with E-state index in [1.165, 1.54) is 0 Å². The number of benzene rings is 1. The molecule has 15 heavy (non-hydrogen) atoms. The van der Waals surface area contributed by atoms with E-state index in [0.717, 1.165) is 23.5 Å². The van der Waals surface area contributed by atoms with Crippen LogP contribution in [0.5, 0.6) is 0 Å². The Bertz CT molecular complexity index is 386.